The average molecular weight is 372 g/mol. The second-order valence-corrected chi connectivity index (χ2v) is 6.95. The molecule has 146 valence electrons. The minimum Gasteiger partial charge on any atom is -0.493 e. The summed E-state index contributed by atoms with van der Waals surface area (Å²) in [5.74, 6) is 2.47. The smallest absolute Gasteiger partial charge is 0.250 e. The number of nitrogens with zero attached hydrogens (tertiary/aromatic N) is 2. The van der Waals surface area contributed by atoms with Crippen LogP contribution >= 0.6 is 0 Å². The van der Waals surface area contributed by atoms with Crippen molar-refractivity contribution in [3.8, 4) is 17.2 Å². The Labute approximate surface area is 160 Å². The molecule has 1 aliphatic rings. The summed E-state index contributed by atoms with van der Waals surface area (Å²) >= 11 is 0. The van der Waals surface area contributed by atoms with E-state index in [4.69, 9.17) is 14.2 Å². The molecule has 2 heterocycles. The van der Waals surface area contributed by atoms with Crippen LogP contribution in [0.15, 0.2) is 35.3 Å². The van der Waals surface area contributed by atoms with Crippen LogP contribution in [0.5, 0.6) is 17.2 Å². The van der Waals surface area contributed by atoms with Crippen molar-refractivity contribution in [1.82, 2.24) is 9.47 Å². The number of piperidine rings is 1. The molecular formula is C21H28N2O4. The van der Waals surface area contributed by atoms with Crippen molar-refractivity contribution in [1.29, 1.82) is 0 Å². The molecule has 3 rings (SSSR count). The van der Waals surface area contributed by atoms with Gasteiger partial charge in [-0.15, -0.1) is 0 Å². The van der Waals surface area contributed by atoms with Gasteiger partial charge in [0, 0.05) is 31.4 Å². The van der Waals surface area contributed by atoms with E-state index in [1.807, 2.05) is 18.3 Å². The van der Waals surface area contributed by atoms with Gasteiger partial charge in [-0.25, -0.2) is 0 Å². The van der Waals surface area contributed by atoms with Gasteiger partial charge in [0.2, 0.25) is 5.75 Å². The van der Waals surface area contributed by atoms with Gasteiger partial charge in [0.15, 0.2) is 11.5 Å². The number of benzene rings is 1. The number of rotatable bonds is 6. The molecule has 0 bridgehead atoms. The zero-order chi connectivity index (χ0) is 19.4. The van der Waals surface area contributed by atoms with Gasteiger partial charge in [0.1, 0.15) is 0 Å². The van der Waals surface area contributed by atoms with Crippen molar-refractivity contribution in [3.05, 3.63) is 51.9 Å². The second-order valence-electron chi connectivity index (χ2n) is 6.95. The first-order valence-electron chi connectivity index (χ1n) is 9.24. The van der Waals surface area contributed by atoms with Crippen LogP contribution in [0.25, 0.3) is 0 Å². The van der Waals surface area contributed by atoms with E-state index in [2.05, 4.69) is 11.0 Å². The quantitative estimate of drug-likeness (QED) is 0.780. The maximum atomic E-state index is 11.9. The van der Waals surface area contributed by atoms with Gasteiger partial charge in [-0.1, -0.05) is 6.07 Å². The summed E-state index contributed by atoms with van der Waals surface area (Å²) in [5.41, 5.74) is 2.30. The summed E-state index contributed by atoms with van der Waals surface area (Å²) in [7, 11) is 6.69. The number of hydrogen-bond acceptors (Lipinski definition) is 5. The van der Waals surface area contributed by atoms with Crippen molar-refractivity contribution < 1.29 is 14.2 Å². The molecule has 0 spiro atoms. The number of pyridine rings is 1. The lowest BCUT2D eigenvalue weighted by Gasteiger charge is -2.32. The third-order valence-electron chi connectivity index (χ3n) is 5.37. The zero-order valence-electron chi connectivity index (χ0n) is 16.5. The molecule has 27 heavy (non-hydrogen) atoms. The molecule has 0 unspecified atom stereocenters. The molecule has 6 heteroatoms. The number of aryl methyl sites for hydroxylation is 1. The molecule has 0 N–H and O–H groups in total. The van der Waals surface area contributed by atoms with Gasteiger partial charge in [0.25, 0.3) is 5.56 Å². The van der Waals surface area contributed by atoms with Gasteiger partial charge in [-0.05, 0) is 49.5 Å². The van der Waals surface area contributed by atoms with Crippen LogP contribution in [0.1, 0.15) is 29.9 Å². The fourth-order valence-electron chi connectivity index (χ4n) is 3.77. The Hall–Kier alpha value is -2.47. The maximum Gasteiger partial charge on any atom is 0.250 e. The molecule has 2 aromatic rings. The summed E-state index contributed by atoms with van der Waals surface area (Å²) in [6, 6.07) is 7.80. The summed E-state index contributed by atoms with van der Waals surface area (Å²) in [5, 5.41) is 0. The Morgan fingerprint density at radius 3 is 2.30 bits per heavy atom. The molecule has 6 nitrogen and oxygen atoms in total. The van der Waals surface area contributed by atoms with Crippen molar-refractivity contribution >= 4 is 0 Å². The largest absolute Gasteiger partial charge is 0.493 e. The van der Waals surface area contributed by atoms with E-state index in [0.29, 0.717) is 17.4 Å². The average Bonchev–Trinajstić information content (AvgIpc) is 2.70. The van der Waals surface area contributed by atoms with Gasteiger partial charge in [0.05, 0.1) is 21.3 Å². The van der Waals surface area contributed by atoms with Crippen LogP contribution in [-0.2, 0) is 13.6 Å². The fraction of sp³-hybridized carbons (Fsp3) is 0.476. The summed E-state index contributed by atoms with van der Waals surface area (Å²) in [6.45, 7) is 2.77. The molecule has 1 saturated heterocycles. The Bertz CT molecular complexity index is 839. The summed E-state index contributed by atoms with van der Waals surface area (Å²) < 4.78 is 18.1. The highest BCUT2D eigenvalue weighted by Crippen LogP contribution is 2.40. The van der Waals surface area contributed by atoms with E-state index in [0.717, 1.165) is 49.4 Å². The number of methoxy groups -OCH3 is 3. The van der Waals surface area contributed by atoms with E-state index in [1.54, 1.807) is 39.0 Å². The Kier molecular flexibility index (Phi) is 6.06. The van der Waals surface area contributed by atoms with E-state index in [9.17, 15) is 4.79 Å². The van der Waals surface area contributed by atoms with Crippen molar-refractivity contribution in [2.24, 2.45) is 7.05 Å². The summed E-state index contributed by atoms with van der Waals surface area (Å²) in [4.78, 5) is 14.3. The SMILES string of the molecule is COc1ccc(CN2CCC(c3ccn(C)c(=O)c3)CC2)c(OC)c1OC. The van der Waals surface area contributed by atoms with Crippen LogP contribution in [0.3, 0.4) is 0 Å². The third kappa shape index (κ3) is 4.11. The normalized spacial score (nSPS) is 15.6. The number of hydrogen-bond donors (Lipinski definition) is 0. The number of likely N-dealkylation sites (tertiary alicyclic amines) is 1. The van der Waals surface area contributed by atoms with Crippen LogP contribution in [-0.4, -0.2) is 43.9 Å². The minimum atomic E-state index is 0.0602. The van der Waals surface area contributed by atoms with Gasteiger partial charge >= 0.3 is 0 Å². The molecule has 1 fully saturated rings. The predicted octanol–water partition coefficient (Wildman–Crippen LogP) is 2.79. The topological polar surface area (TPSA) is 52.9 Å². The van der Waals surface area contributed by atoms with Crippen molar-refractivity contribution in [2.45, 2.75) is 25.3 Å². The highest BCUT2D eigenvalue weighted by Gasteiger charge is 2.23. The van der Waals surface area contributed by atoms with E-state index >= 15 is 0 Å². The minimum absolute atomic E-state index is 0.0602. The maximum absolute atomic E-state index is 11.9. The highest BCUT2D eigenvalue weighted by atomic mass is 16.5. The standard InChI is InChI=1S/C21H28N2O4/c1-22-10-7-16(13-19(22)24)15-8-11-23(12-9-15)14-17-5-6-18(25-2)21(27-4)20(17)26-3/h5-7,10,13,15H,8-9,11-12,14H2,1-4H3. The Morgan fingerprint density at radius 2 is 1.70 bits per heavy atom. The predicted molar refractivity (Wildman–Crippen MR) is 105 cm³/mol. The molecule has 1 aromatic heterocycles. The van der Waals surface area contributed by atoms with E-state index in [-0.39, 0.29) is 5.56 Å². The third-order valence-corrected chi connectivity index (χ3v) is 5.37. The van der Waals surface area contributed by atoms with Crippen LogP contribution in [0.4, 0.5) is 0 Å². The van der Waals surface area contributed by atoms with Crippen LogP contribution < -0.4 is 19.8 Å². The molecule has 0 saturated carbocycles. The lowest BCUT2D eigenvalue weighted by Crippen LogP contribution is -2.33. The first-order chi connectivity index (χ1) is 13.1. The number of aromatic nitrogens is 1. The van der Waals surface area contributed by atoms with E-state index < -0.39 is 0 Å². The molecule has 0 atom stereocenters. The Balaban J connectivity index is 1.69. The van der Waals surface area contributed by atoms with Crippen molar-refractivity contribution in [3.63, 3.8) is 0 Å². The lowest BCUT2D eigenvalue weighted by atomic mass is 9.90. The molecule has 1 aliphatic heterocycles. The van der Waals surface area contributed by atoms with E-state index in [1.165, 1.54) is 0 Å². The first-order valence-corrected chi connectivity index (χ1v) is 9.24. The zero-order valence-corrected chi connectivity index (χ0v) is 16.5. The highest BCUT2D eigenvalue weighted by molar-refractivity contribution is 5.55. The second kappa shape index (κ2) is 8.48. The van der Waals surface area contributed by atoms with Crippen LogP contribution in [0, 0.1) is 0 Å². The first kappa shape index (κ1) is 19.3. The van der Waals surface area contributed by atoms with Gasteiger partial charge in [-0.2, -0.15) is 0 Å². The summed E-state index contributed by atoms with van der Waals surface area (Å²) in [6.07, 6.45) is 3.95. The lowest BCUT2D eigenvalue weighted by molar-refractivity contribution is 0.201. The molecule has 0 aliphatic carbocycles. The fourth-order valence-corrected chi connectivity index (χ4v) is 3.77. The van der Waals surface area contributed by atoms with Gasteiger partial charge < -0.3 is 18.8 Å². The molecule has 0 amide bonds. The van der Waals surface area contributed by atoms with Crippen LogP contribution in [0.2, 0.25) is 0 Å². The molecule has 0 radical (unpaired) electrons. The Morgan fingerprint density at radius 1 is 1.00 bits per heavy atom. The monoisotopic (exact) mass is 372 g/mol. The number of ether oxygens (including phenoxy) is 3. The molecular weight excluding hydrogens is 344 g/mol. The van der Waals surface area contributed by atoms with Crippen molar-refractivity contribution in [2.75, 3.05) is 34.4 Å². The molecule has 1 aromatic carbocycles. The van der Waals surface area contributed by atoms with Gasteiger partial charge in [-0.3, -0.25) is 9.69 Å².